The van der Waals surface area contributed by atoms with Gasteiger partial charge in [-0.2, -0.15) is 17.6 Å². The Balaban J connectivity index is 0.000000807. The maximum Gasteiger partial charge on any atom is 3.00 e. The first-order valence-corrected chi connectivity index (χ1v) is 6.80. The first-order chi connectivity index (χ1) is 9.38. The molecule has 2 aliphatic carbocycles. The number of halogens is 2. The third-order valence-corrected chi connectivity index (χ3v) is 3.95. The Morgan fingerprint density at radius 3 is 1.45 bits per heavy atom. The zero-order valence-electron chi connectivity index (χ0n) is 12.0. The van der Waals surface area contributed by atoms with Gasteiger partial charge in [-0.15, -0.1) is 12.2 Å². The van der Waals surface area contributed by atoms with Crippen molar-refractivity contribution in [2.24, 2.45) is 0 Å². The monoisotopic (exact) mass is 403 g/mol. The van der Waals surface area contributed by atoms with Crippen molar-refractivity contribution in [3.63, 3.8) is 0 Å². The van der Waals surface area contributed by atoms with Gasteiger partial charge in [0.25, 0.3) is 0 Å². The van der Waals surface area contributed by atoms with Gasteiger partial charge >= 0.3 is 26.2 Å². The third-order valence-electron chi connectivity index (χ3n) is 3.95. The Kier molecular flexibility index (Phi) is 7.20. The zero-order valence-corrected chi connectivity index (χ0v) is 16.0. The summed E-state index contributed by atoms with van der Waals surface area (Å²) in [6.45, 7) is 0. The van der Waals surface area contributed by atoms with E-state index in [0.717, 1.165) is 12.8 Å². The number of hydrogen-bond acceptors (Lipinski definition) is 0. The molecule has 22 heavy (non-hydrogen) atoms. The van der Waals surface area contributed by atoms with Crippen LogP contribution in [-0.2, 0) is 39.0 Å². The molecule has 0 fully saturated rings. The second-order valence-corrected chi connectivity index (χ2v) is 5.33. The molecule has 2 aromatic rings. The fourth-order valence-corrected chi connectivity index (χ4v) is 3.04. The average molecular weight is 405 g/mol. The van der Waals surface area contributed by atoms with Crippen LogP contribution >= 0.6 is 0 Å². The number of allylic oxidation sites excluding steroid dienone is 2. The smallest absolute Gasteiger partial charge is 1.00 e. The Hall–Kier alpha value is -0.747. The van der Waals surface area contributed by atoms with Crippen LogP contribution < -0.4 is 24.8 Å². The van der Waals surface area contributed by atoms with Crippen molar-refractivity contribution in [1.29, 1.82) is 0 Å². The Bertz CT molecular complexity index is 655. The van der Waals surface area contributed by atoms with Gasteiger partial charge in [-0.05, 0) is 12.8 Å². The van der Waals surface area contributed by atoms with Gasteiger partial charge < -0.3 is 24.8 Å². The summed E-state index contributed by atoms with van der Waals surface area (Å²) in [5.41, 5.74) is 8.52. The molecular formula is C19H15Cl2Zr. The molecule has 2 aliphatic rings. The summed E-state index contributed by atoms with van der Waals surface area (Å²) in [7, 11) is 0. The van der Waals surface area contributed by atoms with E-state index in [0.29, 0.717) is 0 Å². The van der Waals surface area contributed by atoms with E-state index in [1.165, 1.54) is 33.4 Å². The van der Waals surface area contributed by atoms with Gasteiger partial charge in [0.2, 0.25) is 0 Å². The van der Waals surface area contributed by atoms with Crippen molar-refractivity contribution >= 4 is 12.2 Å². The van der Waals surface area contributed by atoms with E-state index < -0.39 is 0 Å². The molecule has 0 saturated heterocycles. The van der Waals surface area contributed by atoms with Gasteiger partial charge in [0.15, 0.2) is 0 Å². The zero-order chi connectivity index (χ0) is 12.7. The summed E-state index contributed by atoms with van der Waals surface area (Å²) in [5.74, 6) is 0. The predicted octanol–water partition coefficient (Wildman–Crippen LogP) is -1.52. The molecule has 0 atom stereocenters. The van der Waals surface area contributed by atoms with E-state index >= 15 is 0 Å². The van der Waals surface area contributed by atoms with Gasteiger partial charge in [0, 0.05) is 0 Å². The molecule has 0 spiro atoms. The summed E-state index contributed by atoms with van der Waals surface area (Å²) in [5, 5.41) is 0. The van der Waals surface area contributed by atoms with Crippen molar-refractivity contribution < 1.29 is 51.0 Å². The number of fused-ring (bicyclic) bond motifs is 2. The average Bonchev–Trinajstić information content (AvgIpc) is 3.00. The van der Waals surface area contributed by atoms with Crippen molar-refractivity contribution in [3.8, 4) is 0 Å². The number of rotatable bonds is 2. The summed E-state index contributed by atoms with van der Waals surface area (Å²) in [6.07, 6.45) is 9.14. The van der Waals surface area contributed by atoms with E-state index in [1.54, 1.807) is 0 Å². The Labute approximate surface area is 163 Å². The fourth-order valence-electron chi connectivity index (χ4n) is 3.04. The third kappa shape index (κ3) is 3.77. The SMILES string of the molecule is C1=C([CH-]C2=Cc3ccccc3C2)Cc2ccccc21.[Cl-].[Cl-].[Zr+3]. The summed E-state index contributed by atoms with van der Waals surface area (Å²) in [4.78, 5) is 0. The Morgan fingerprint density at radius 2 is 1.05 bits per heavy atom. The minimum atomic E-state index is 0. The normalized spacial score (nSPS) is 13.5. The van der Waals surface area contributed by atoms with Crippen LogP contribution in [0.15, 0.2) is 59.7 Å². The maximum absolute atomic E-state index is 2.36. The van der Waals surface area contributed by atoms with Gasteiger partial charge in [0.1, 0.15) is 0 Å². The van der Waals surface area contributed by atoms with Crippen molar-refractivity contribution in [3.05, 3.63) is 88.4 Å². The van der Waals surface area contributed by atoms with Gasteiger partial charge in [-0.3, -0.25) is 0 Å². The predicted molar refractivity (Wildman–Crippen MR) is 80.5 cm³/mol. The van der Waals surface area contributed by atoms with Crippen molar-refractivity contribution in [2.45, 2.75) is 12.8 Å². The summed E-state index contributed by atoms with van der Waals surface area (Å²) < 4.78 is 0. The standard InChI is InChI=1S/C19H15.2ClH.Zr/c1-2-6-17-11-14(10-16(17)5-1)9-15-12-18-7-3-4-8-19(18)13-15;;;/h1-10,12H,11,13H2;2*1H;/q-1;;;+3/p-2. The molecule has 0 nitrogen and oxygen atoms in total. The molecule has 0 saturated carbocycles. The minimum absolute atomic E-state index is 0. The van der Waals surface area contributed by atoms with Crippen LogP contribution in [0.3, 0.4) is 0 Å². The molecule has 2 aromatic carbocycles. The van der Waals surface area contributed by atoms with Crippen molar-refractivity contribution in [2.75, 3.05) is 0 Å². The minimum Gasteiger partial charge on any atom is -1.00 e. The maximum atomic E-state index is 2.36. The molecule has 0 aliphatic heterocycles. The van der Waals surface area contributed by atoms with E-state index in [-0.39, 0.29) is 51.0 Å². The second-order valence-electron chi connectivity index (χ2n) is 5.33. The first kappa shape index (κ1) is 19.3. The first-order valence-electron chi connectivity index (χ1n) is 6.80. The van der Waals surface area contributed by atoms with Crippen LogP contribution in [-0.4, -0.2) is 0 Å². The molecule has 0 aromatic heterocycles. The molecule has 0 amide bonds. The molecular weight excluding hydrogens is 390 g/mol. The molecule has 0 heterocycles. The van der Waals surface area contributed by atoms with Crippen molar-refractivity contribution in [1.82, 2.24) is 0 Å². The molecule has 0 unspecified atom stereocenters. The topological polar surface area (TPSA) is 0 Å². The van der Waals surface area contributed by atoms with Crippen LogP contribution in [0.5, 0.6) is 0 Å². The molecule has 0 bridgehead atoms. The largest absolute Gasteiger partial charge is 3.00 e. The van der Waals surface area contributed by atoms with Crippen LogP contribution in [0.2, 0.25) is 0 Å². The molecule has 1 radical (unpaired) electrons. The number of hydrogen-bond donors (Lipinski definition) is 0. The van der Waals surface area contributed by atoms with Crippen LogP contribution in [0.25, 0.3) is 12.2 Å². The second kappa shape index (κ2) is 8.20. The molecule has 4 rings (SSSR count). The van der Waals surface area contributed by atoms with Crippen LogP contribution in [0, 0.1) is 6.42 Å². The quantitative estimate of drug-likeness (QED) is 0.533. The van der Waals surface area contributed by atoms with E-state index in [9.17, 15) is 0 Å². The molecule has 3 heteroatoms. The van der Waals surface area contributed by atoms with Gasteiger partial charge in [-0.25, -0.2) is 0 Å². The van der Waals surface area contributed by atoms with Gasteiger partial charge in [-0.1, -0.05) is 70.8 Å². The Morgan fingerprint density at radius 1 is 0.636 bits per heavy atom. The number of benzene rings is 2. The van der Waals surface area contributed by atoms with E-state index in [1.807, 2.05) is 0 Å². The van der Waals surface area contributed by atoms with E-state index in [4.69, 9.17) is 0 Å². The van der Waals surface area contributed by atoms with Crippen LogP contribution in [0.4, 0.5) is 0 Å². The van der Waals surface area contributed by atoms with E-state index in [2.05, 4.69) is 67.1 Å². The van der Waals surface area contributed by atoms with Gasteiger partial charge in [0.05, 0.1) is 0 Å². The molecule has 0 N–H and O–H groups in total. The summed E-state index contributed by atoms with van der Waals surface area (Å²) >= 11 is 0. The fraction of sp³-hybridized carbons (Fsp3) is 0.105. The molecule has 109 valence electrons. The van der Waals surface area contributed by atoms with Crippen LogP contribution in [0.1, 0.15) is 22.3 Å². The summed E-state index contributed by atoms with van der Waals surface area (Å²) in [6, 6.07) is 17.3.